The Morgan fingerprint density at radius 1 is 1.04 bits per heavy atom. The topological polar surface area (TPSA) is 76.1 Å². The fourth-order valence-corrected chi connectivity index (χ4v) is 3.02. The summed E-state index contributed by atoms with van der Waals surface area (Å²) in [7, 11) is 1.44. The molecule has 0 bridgehead atoms. The van der Waals surface area contributed by atoms with Gasteiger partial charge in [0.05, 0.1) is 12.7 Å². The van der Waals surface area contributed by atoms with Crippen molar-refractivity contribution >= 4 is 11.9 Å². The van der Waals surface area contributed by atoms with Gasteiger partial charge in [0.1, 0.15) is 0 Å². The zero-order valence-corrected chi connectivity index (χ0v) is 14.6. The van der Waals surface area contributed by atoms with Gasteiger partial charge in [0.15, 0.2) is 11.5 Å². The van der Waals surface area contributed by atoms with Crippen molar-refractivity contribution in [3.63, 3.8) is 0 Å². The lowest BCUT2D eigenvalue weighted by atomic mass is 10.1. The number of carboxylic acid groups (broad SMARTS) is 1. The first-order chi connectivity index (χ1) is 12.6. The first kappa shape index (κ1) is 17.8. The van der Waals surface area contributed by atoms with Crippen LogP contribution in [0, 0.1) is 0 Å². The van der Waals surface area contributed by atoms with E-state index in [1.807, 2.05) is 30.3 Å². The SMILES string of the molecule is COc1cc(C(=O)O)ccc1OC(C(=O)N1CCCC1)c1ccccc1. The second kappa shape index (κ2) is 7.91. The van der Waals surface area contributed by atoms with E-state index in [2.05, 4.69) is 0 Å². The maximum absolute atomic E-state index is 13.0. The molecule has 1 atom stereocenters. The van der Waals surface area contributed by atoms with E-state index in [0.717, 1.165) is 31.5 Å². The highest BCUT2D eigenvalue weighted by Crippen LogP contribution is 2.33. The second-order valence-corrected chi connectivity index (χ2v) is 6.11. The van der Waals surface area contributed by atoms with Gasteiger partial charge in [-0.1, -0.05) is 30.3 Å². The molecule has 1 unspecified atom stereocenters. The molecular formula is C20H21NO5. The fourth-order valence-electron chi connectivity index (χ4n) is 3.02. The maximum atomic E-state index is 13.0. The van der Waals surface area contributed by atoms with Crippen LogP contribution in [0.25, 0.3) is 0 Å². The molecule has 3 rings (SSSR count). The predicted molar refractivity (Wildman–Crippen MR) is 95.6 cm³/mol. The van der Waals surface area contributed by atoms with Gasteiger partial charge in [0, 0.05) is 18.7 Å². The number of ether oxygens (including phenoxy) is 2. The normalized spacial score (nSPS) is 14.7. The number of benzene rings is 2. The number of methoxy groups -OCH3 is 1. The van der Waals surface area contributed by atoms with E-state index in [0.29, 0.717) is 5.75 Å². The molecule has 0 aromatic heterocycles. The van der Waals surface area contributed by atoms with Gasteiger partial charge in [0.2, 0.25) is 6.10 Å². The largest absolute Gasteiger partial charge is 0.493 e. The van der Waals surface area contributed by atoms with E-state index in [9.17, 15) is 9.59 Å². The second-order valence-electron chi connectivity index (χ2n) is 6.11. The number of likely N-dealkylation sites (tertiary alicyclic amines) is 1. The Bertz CT molecular complexity index is 784. The summed E-state index contributed by atoms with van der Waals surface area (Å²) in [5.41, 5.74) is 0.838. The molecule has 6 heteroatoms. The quantitative estimate of drug-likeness (QED) is 0.861. The van der Waals surface area contributed by atoms with Gasteiger partial charge in [-0.15, -0.1) is 0 Å². The summed E-state index contributed by atoms with van der Waals surface area (Å²) in [6, 6.07) is 13.6. The lowest BCUT2D eigenvalue weighted by Gasteiger charge is -2.25. The molecule has 1 amide bonds. The third-order valence-corrected chi connectivity index (χ3v) is 4.40. The van der Waals surface area contributed by atoms with Crippen molar-refractivity contribution in [3.8, 4) is 11.5 Å². The lowest BCUT2D eigenvalue weighted by molar-refractivity contribution is -0.138. The monoisotopic (exact) mass is 355 g/mol. The van der Waals surface area contributed by atoms with Crippen molar-refractivity contribution in [1.82, 2.24) is 4.90 Å². The highest BCUT2D eigenvalue weighted by Gasteiger charge is 2.30. The van der Waals surface area contributed by atoms with Gasteiger partial charge < -0.3 is 19.5 Å². The third kappa shape index (κ3) is 3.79. The van der Waals surface area contributed by atoms with Crippen LogP contribution in [0.15, 0.2) is 48.5 Å². The van der Waals surface area contributed by atoms with E-state index >= 15 is 0 Å². The van der Waals surface area contributed by atoms with Gasteiger partial charge >= 0.3 is 5.97 Å². The van der Waals surface area contributed by atoms with Crippen molar-refractivity contribution < 1.29 is 24.2 Å². The molecule has 1 aliphatic rings. The summed E-state index contributed by atoms with van der Waals surface area (Å²) >= 11 is 0. The molecule has 136 valence electrons. The summed E-state index contributed by atoms with van der Waals surface area (Å²) in [6.45, 7) is 1.45. The van der Waals surface area contributed by atoms with Gasteiger partial charge in [0.25, 0.3) is 5.91 Å². The zero-order valence-electron chi connectivity index (χ0n) is 14.6. The third-order valence-electron chi connectivity index (χ3n) is 4.40. The molecule has 0 spiro atoms. The minimum Gasteiger partial charge on any atom is -0.493 e. The highest BCUT2D eigenvalue weighted by atomic mass is 16.5. The van der Waals surface area contributed by atoms with Crippen molar-refractivity contribution in [1.29, 1.82) is 0 Å². The Kier molecular flexibility index (Phi) is 5.41. The molecule has 1 fully saturated rings. The number of carboxylic acids is 1. The summed E-state index contributed by atoms with van der Waals surface area (Å²) in [5, 5.41) is 9.13. The van der Waals surface area contributed by atoms with Gasteiger partial charge in [-0.2, -0.15) is 0 Å². The number of carbonyl (C=O) groups excluding carboxylic acids is 1. The molecule has 1 saturated heterocycles. The van der Waals surface area contributed by atoms with Crippen LogP contribution in [0.3, 0.4) is 0 Å². The van der Waals surface area contributed by atoms with Crippen molar-refractivity contribution in [3.05, 3.63) is 59.7 Å². The van der Waals surface area contributed by atoms with Crippen LogP contribution in [0.5, 0.6) is 11.5 Å². The van der Waals surface area contributed by atoms with Crippen molar-refractivity contribution in [2.24, 2.45) is 0 Å². The number of aromatic carboxylic acids is 1. The molecule has 1 aliphatic heterocycles. The molecule has 1 N–H and O–H groups in total. The summed E-state index contributed by atoms with van der Waals surface area (Å²) in [6.07, 6.45) is 1.17. The first-order valence-electron chi connectivity index (χ1n) is 8.52. The van der Waals surface area contributed by atoms with E-state index < -0.39 is 12.1 Å². The molecule has 0 aliphatic carbocycles. The summed E-state index contributed by atoms with van der Waals surface area (Å²) in [5.74, 6) is -0.542. The number of amides is 1. The first-order valence-corrected chi connectivity index (χ1v) is 8.52. The number of carbonyl (C=O) groups is 2. The van der Waals surface area contributed by atoms with Crippen LogP contribution < -0.4 is 9.47 Å². The molecular weight excluding hydrogens is 334 g/mol. The van der Waals surface area contributed by atoms with Crippen LogP contribution in [-0.4, -0.2) is 42.1 Å². The van der Waals surface area contributed by atoms with E-state index in [-0.39, 0.29) is 17.2 Å². The molecule has 2 aromatic rings. The highest BCUT2D eigenvalue weighted by molar-refractivity contribution is 5.88. The molecule has 0 radical (unpaired) electrons. The average molecular weight is 355 g/mol. The van der Waals surface area contributed by atoms with E-state index in [1.54, 1.807) is 4.90 Å². The smallest absolute Gasteiger partial charge is 0.335 e. The fraction of sp³-hybridized carbons (Fsp3) is 0.300. The predicted octanol–water partition coefficient (Wildman–Crippen LogP) is 3.14. The number of rotatable bonds is 6. The van der Waals surface area contributed by atoms with Crippen molar-refractivity contribution in [2.45, 2.75) is 18.9 Å². The number of hydrogen-bond acceptors (Lipinski definition) is 4. The Hall–Kier alpha value is -3.02. The number of nitrogens with zero attached hydrogens (tertiary/aromatic N) is 1. The average Bonchev–Trinajstić information content (AvgIpc) is 3.21. The Morgan fingerprint density at radius 2 is 1.73 bits per heavy atom. The van der Waals surface area contributed by atoms with Gasteiger partial charge in [-0.3, -0.25) is 4.79 Å². The van der Waals surface area contributed by atoms with Crippen LogP contribution in [0.2, 0.25) is 0 Å². The number of hydrogen-bond donors (Lipinski definition) is 1. The van der Waals surface area contributed by atoms with Crippen LogP contribution in [-0.2, 0) is 4.79 Å². The minimum atomic E-state index is -1.05. The molecule has 26 heavy (non-hydrogen) atoms. The van der Waals surface area contributed by atoms with Gasteiger partial charge in [-0.25, -0.2) is 4.79 Å². The van der Waals surface area contributed by atoms with Gasteiger partial charge in [-0.05, 0) is 31.0 Å². The van der Waals surface area contributed by atoms with Crippen LogP contribution >= 0.6 is 0 Å². The Labute approximate surface area is 152 Å². The maximum Gasteiger partial charge on any atom is 0.335 e. The van der Waals surface area contributed by atoms with Crippen LogP contribution in [0.4, 0.5) is 0 Å². The van der Waals surface area contributed by atoms with E-state index in [1.165, 1.54) is 25.3 Å². The molecule has 6 nitrogen and oxygen atoms in total. The standard InChI is InChI=1S/C20H21NO5/c1-25-17-13-15(20(23)24)9-10-16(17)26-18(14-7-3-2-4-8-14)19(22)21-11-5-6-12-21/h2-4,7-10,13,18H,5-6,11-12H2,1H3,(H,23,24). The lowest BCUT2D eigenvalue weighted by Crippen LogP contribution is -2.35. The summed E-state index contributed by atoms with van der Waals surface area (Å²) < 4.78 is 11.3. The molecule has 0 saturated carbocycles. The Morgan fingerprint density at radius 3 is 2.35 bits per heavy atom. The zero-order chi connectivity index (χ0) is 18.5. The Balaban J connectivity index is 1.93. The summed E-state index contributed by atoms with van der Waals surface area (Å²) in [4.78, 5) is 25.9. The van der Waals surface area contributed by atoms with Crippen molar-refractivity contribution in [2.75, 3.05) is 20.2 Å². The van der Waals surface area contributed by atoms with Crippen LogP contribution in [0.1, 0.15) is 34.9 Å². The molecule has 1 heterocycles. The van der Waals surface area contributed by atoms with E-state index in [4.69, 9.17) is 14.6 Å². The minimum absolute atomic E-state index is 0.0938. The molecule has 2 aromatic carbocycles.